The summed E-state index contributed by atoms with van der Waals surface area (Å²) in [5, 5.41) is 0. The predicted molar refractivity (Wildman–Crippen MR) is 72.6 cm³/mol. The van der Waals surface area contributed by atoms with E-state index >= 15 is 0 Å². The molecule has 0 spiro atoms. The zero-order valence-electron chi connectivity index (χ0n) is 11.1. The minimum Gasteiger partial charge on any atom is -0.484 e. The minimum atomic E-state index is -0.658. The van der Waals surface area contributed by atoms with Gasteiger partial charge in [0, 0.05) is 5.88 Å². The molecule has 1 aromatic carbocycles. The zero-order valence-corrected chi connectivity index (χ0v) is 11.9. The van der Waals surface area contributed by atoms with Crippen molar-refractivity contribution in [2.24, 2.45) is 5.92 Å². The smallest absolute Gasteiger partial charge is 0.191 e. The standard InChI is InChI=1S/C15H19ClF2O/c1-2-10-4-3-5-12(6-10)19-15-13(17)7-11(9-16)8-14(15)18/h7-8,10,12H,2-6,9H2,1H3. The highest BCUT2D eigenvalue weighted by atomic mass is 35.5. The summed E-state index contributed by atoms with van der Waals surface area (Å²) >= 11 is 5.58. The first-order valence-electron chi connectivity index (χ1n) is 6.84. The van der Waals surface area contributed by atoms with Gasteiger partial charge < -0.3 is 4.74 Å². The molecule has 1 nitrogen and oxygen atoms in total. The summed E-state index contributed by atoms with van der Waals surface area (Å²) in [5.41, 5.74) is 0.430. The summed E-state index contributed by atoms with van der Waals surface area (Å²) < 4.78 is 33.2. The van der Waals surface area contributed by atoms with Gasteiger partial charge in [-0.15, -0.1) is 11.6 Å². The van der Waals surface area contributed by atoms with Crippen molar-refractivity contribution in [2.75, 3.05) is 0 Å². The van der Waals surface area contributed by atoms with Crippen LogP contribution in [0.15, 0.2) is 12.1 Å². The molecule has 1 aromatic rings. The molecule has 0 aromatic heterocycles. The Morgan fingerprint density at radius 3 is 2.53 bits per heavy atom. The summed E-state index contributed by atoms with van der Waals surface area (Å²) in [6.45, 7) is 2.14. The van der Waals surface area contributed by atoms with Crippen LogP contribution in [0.5, 0.6) is 5.75 Å². The Kier molecular flexibility index (Phi) is 5.03. The maximum Gasteiger partial charge on any atom is 0.191 e. The fourth-order valence-electron chi connectivity index (χ4n) is 2.69. The van der Waals surface area contributed by atoms with Crippen molar-refractivity contribution < 1.29 is 13.5 Å². The van der Waals surface area contributed by atoms with E-state index in [1.807, 2.05) is 0 Å². The minimum absolute atomic E-state index is 0.0791. The van der Waals surface area contributed by atoms with Crippen LogP contribution < -0.4 is 4.74 Å². The topological polar surface area (TPSA) is 9.23 Å². The molecule has 0 saturated heterocycles. The van der Waals surface area contributed by atoms with Crippen LogP contribution in [0.4, 0.5) is 8.78 Å². The van der Waals surface area contributed by atoms with E-state index in [2.05, 4.69) is 6.92 Å². The monoisotopic (exact) mass is 288 g/mol. The van der Waals surface area contributed by atoms with Crippen molar-refractivity contribution in [3.8, 4) is 5.75 Å². The molecule has 1 aliphatic rings. The van der Waals surface area contributed by atoms with Gasteiger partial charge in [-0.1, -0.05) is 19.8 Å². The van der Waals surface area contributed by atoms with E-state index in [0.717, 1.165) is 25.7 Å². The van der Waals surface area contributed by atoms with E-state index in [9.17, 15) is 8.78 Å². The van der Waals surface area contributed by atoms with Crippen molar-refractivity contribution >= 4 is 11.6 Å². The molecule has 0 heterocycles. The van der Waals surface area contributed by atoms with Gasteiger partial charge in [-0.25, -0.2) is 8.78 Å². The average Bonchev–Trinajstić information content (AvgIpc) is 2.42. The molecule has 1 fully saturated rings. The highest BCUT2D eigenvalue weighted by Crippen LogP contribution is 2.32. The number of benzene rings is 1. The van der Waals surface area contributed by atoms with Gasteiger partial charge in [0.1, 0.15) is 0 Å². The molecule has 2 unspecified atom stereocenters. The Bertz CT molecular complexity index is 413. The summed E-state index contributed by atoms with van der Waals surface area (Å²) in [6.07, 6.45) is 5.01. The largest absolute Gasteiger partial charge is 0.484 e. The third-order valence-corrected chi connectivity index (χ3v) is 4.12. The number of hydrogen-bond donors (Lipinski definition) is 0. The second-order valence-corrected chi connectivity index (χ2v) is 5.47. The van der Waals surface area contributed by atoms with E-state index in [1.165, 1.54) is 18.6 Å². The molecule has 0 N–H and O–H groups in total. The lowest BCUT2D eigenvalue weighted by atomic mass is 9.85. The first kappa shape index (κ1) is 14.6. The molecule has 0 bridgehead atoms. The molecule has 4 heteroatoms. The summed E-state index contributed by atoms with van der Waals surface area (Å²) in [5.74, 6) is -0.874. The number of halogens is 3. The first-order chi connectivity index (χ1) is 9.13. The number of hydrogen-bond acceptors (Lipinski definition) is 1. The van der Waals surface area contributed by atoms with Gasteiger partial charge in [0.05, 0.1) is 6.10 Å². The third-order valence-electron chi connectivity index (χ3n) is 3.81. The molecule has 0 aliphatic heterocycles. The van der Waals surface area contributed by atoms with E-state index in [1.54, 1.807) is 0 Å². The van der Waals surface area contributed by atoms with Crippen LogP contribution in [-0.4, -0.2) is 6.10 Å². The average molecular weight is 289 g/mol. The fraction of sp³-hybridized carbons (Fsp3) is 0.600. The molecule has 106 valence electrons. The molecule has 0 radical (unpaired) electrons. The van der Waals surface area contributed by atoms with Crippen molar-refractivity contribution in [1.29, 1.82) is 0 Å². The highest BCUT2D eigenvalue weighted by Gasteiger charge is 2.24. The molecule has 2 rings (SSSR count). The number of rotatable bonds is 4. The lowest BCUT2D eigenvalue weighted by Gasteiger charge is -2.29. The maximum absolute atomic E-state index is 13.8. The SMILES string of the molecule is CCC1CCCC(Oc2c(F)cc(CCl)cc2F)C1. The second kappa shape index (κ2) is 6.56. The van der Waals surface area contributed by atoms with Gasteiger partial charge >= 0.3 is 0 Å². The molecular weight excluding hydrogens is 270 g/mol. The Balaban J connectivity index is 2.10. The van der Waals surface area contributed by atoms with E-state index < -0.39 is 11.6 Å². The Morgan fingerprint density at radius 1 is 1.26 bits per heavy atom. The van der Waals surface area contributed by atoms with Gasteiger partial charge in [0.2, 0.25) is 0 Å². The lowest BCUT2D eigenvalue weighted by Crippen LogP contribution is -2.25. The van der Waals surface area contributed by atoms with Crippen LogP contribution >= 0.6 is 11.6 Å². The van der Waals surface area contributed by atoms with Crippen LogP contribution in [0.3, 0.4) is 0 Å². The molecule has 1 aliphatic carbocycles. The normalized spacial score (nSPS) is 23.4. The quantitative estimate of drug-likeness (QED) is 0.704. The van der Waals surface area contributed by atoms with Crippen molar-refractivity contribution in [3.05, 3.63) is 29.3 Å². The van der Waals surface area contributed by atoms with Crippen LogP contribution in [0.25, 0.3) is 0 Å². The summed E-state index contributed by atoms with van der Waals surface area (Å²) in [7, 11) is 0. The second-order valence-electron chi connectivity index (χ2n) is 5.20. The lowest BCUT2D eigenvalue weighted by molar-refractivity contribution is 0.112. The first-order valence-corrected chi connectivity index (χ1v) is 7.38. The summed E-state index contributed by atoms with van der Waals surface area (Å²) in [4.78, 5) is 0. The Hall–Kier alpha value is -0.830. The maximum atomic E-state index is 13.8. The van der Waals surface area contributed by atoms with Gasteiger partial charge in [0.25, 0.3) is 0 Å². The van der Waals surface area contributed by atoms with Crippen LogP contribution in [0.2, 0.25) is 0 Å². The van der Waals surface area contributed by atoms with Crippen molar-refractivity contribution in [2.45, 2.75) is 51.0 Å². The predicted octanol–water partition coefficient (Wildman–Crippen LogP) is 5.05. The van der Waals surface area contributed by atoms with Gasteiger partial charge in [-0.3, -0.25) is 0 Å². The van der Waals surface area contributed by atoms with Crippen molar-refractivity contribution in [1.82, 2.24) is 0 Å². The molecule has 0 amide bonds. The molecule has 19 heavy (non-hydrogen) atoms. The number of alkyl halides is 1. The van der Waals surface area contributed by atoms with E-state index in [4.69, 9.17) is 16.3 Å². The fourth-order valence-corrected chi connectivity index (χ4v) is 2.84. The van der Waals surface area contributed by atoms with E-state index in [-0.39, 0.29) is 17.7 Å². The Morgan fingerprint density at radius 2 is 1.95 bits per heavy atom. The van der Waals surface area contributed by atoms with Crippen LogP contribution in [0, 0.1) is 17.6 Å². The Labute approximate surface area is 117 Å². The van der Waals surface area contributed by atoms with Crippen molar-refractivity contribution in [3.63, 3.8) is 0 Å². The van der Waals surface area contributed by atoms with Gasteiger partial charge in [-0.05, 0) is 42.9 Å². The van der Waals surface area contributed by atoms with Crippen LogP contribution in [-0.2, 0) is 5.88 Å². The third kappa shape index (κ3) is 3.59. The summed E-state index contributed by atoms with van der Waals surface area (Å²) in [6, 6.07) is 2.48. The number of ether oxygens (including phenoxy) is 1. The molecule has 1 saturated carbocycles. The van der Waals surface area contributed by atoms with Gasteiger partial charge in [0.15, 0.2) is 17.4 Å². The zero-order chi connectivity index (χ0) is 13.8. The molecular formula is C15H19ClF2O. The van der Waals surface area contributed by atoms with Gasteiger partial charge in [-0.2, -0.15) is 0 Å². The highest BCUT2D eigenvalue weighted by molar-refractivity contribution is 6.17. The molecule has 2 atom stereocenters. The van der Waals surface area contributed by atoms with E-state index in [0.29, 0.717) is 11.5 Å². The van der Waals surface area contributed by atoms with Crippen LogP contribution in [0.1, 0.15) is 44.6 Å².